The fourth-order valence-electron chi connectivity index (χ4n) is 3.03. The highest BCUT2D eigenvalue weighted by atomic mass is 16.4. The molecule has 110 valence electrons. The molecule has 0 aliphatic carbocycles. The Balaban J connectivity index is 1.91. The average molecular weight is 285 g/mol. The zero-order chi connectivity index (χ0) is 14.8. The molecule has 2 aromatic rings. The Bertz CT molecular complexity index is 659. The monoisotopic (exact) mass is 285 g/mol. The van der Waals surface area contributed by atoms with Crippen LogP contribution in [0.4, 0.5) is 4.79 Å². The lowest BCUT2D eigenvalue weighted by Crippen LogP contribution is -2.48. The number of nitrogens with two attached hydrogens (primary N) is 1. The number of likely N-dealkylation sites (tertiary alicyclic amines) is 1. The number of piperidine rings is 1. The number of amides is 1. The van der Waals surface area contributed by atoms with Crippen molar-refractivity contribution in [3.8, 4) is 0 Å². The molecular formula is C16H19N3O2. The number of fused-ring (bicyclic) bond motifs is 1. The van der Waals surface area contributed by atoms with E-state index in [1.165, 1.54) is 4.90 Å². The van der Waals surface area contributed by atoms with E-state index in [-0.39, 0.29) is 12.1 Å². The maximum atomic E-state index is 11.4. The van der Waals surface area contributed by atoms with E-state index in [4.69, 9.17) is 5.73 Å². The Labute approximate surface area is 123 Å². The van der Waals surface area contributed by atoms with Crippen molar-refractivity contribution in [2.45, 2.75) is 31.3 Å². The third-order valence-corrected chi connectivity index (χ3v) is 4.17. The molecule has 1 aromatic carbocycles. The van der Waals surface area contributed by atoms with Gasteiger partial charge in [0.2, 0.25) is 0 Å². The van der Waals surface area contributed by atoms with Gasteiger partial charge in [0.1, 0.15) is 0 Å². The first-order chi connectivity index (χ1) is 10.2. The summed E-state index contributed by atoms with van der Waals surface area (Å²) >= 11 is 0. The van der Waals surface area contributed by atoms with Gasteiger partial charge < -0.3 is 15.7 Å². The lowest BCUT2D eigenvalue weighted by molar-refractivity contribution is 0.0962. The van der Waals surface area contributed by atoms with Gasteiger partial charge in [0.15, 0.2) is 0 Å². The summed E-state index contributed by atoms with van der Waals surface area (Å²) in [4.78, 5) is 17.4. The van der Waals surface area contributed by atoms with Crippen LogP contribution in [-0.4, -0.2) is 33.7 Å². The van der Waals surface area contributed by atoms with E-state index >= 15 is 0 Å². The third-order valence-electron chi connectivity index (χ3n) is 4.17. The summed E-state index contributed by atoms with van der Waals surface area (Å²) in [6.07, 6.45) is 1.81. The minimum absolute atomic E-state index is 0.190. The minimum Gasteiger partial charge on any atom is -0.465 e. The first-order valence-electron chi connectivity index (χ1n) is 7.27. The number of rotatable bonds is 2. The number of hydrogen-bond donors (Lipinski definition) is 2. The predicted molar refractivity (Wildman–Crippen MR) is 81.0 cm³/mol. The van der Waals surface area contributed by atoms with Crippen molar-refractivity contribution in [1.29, 1.82) is 0 Å². The first-order valence-corrected chi connectivity index (χ1v) is 7.27. The molecule has 3 rings (SSSR count). The summed E-state index contributed by atoms with van der Waals surface area (Å²) in [5.41, 5.74) is 7.97. The van der Waals surface area contributed by atoms with Gasteiger partial charge in [0.05, 0.1) is 23.3 Å². The molecule has 2 unspecified atom stereocenters. The van der Waals surface area contributed by atoms with E-state index in [0.717, 1.165) is 35.9 Å². The largest absolute Gasteiger partial charge is 0.465 e. The lowest BCUT2D eigenvalue weighted by Gasteiger charge is -2.36. The Morgan fingerprint density at radius 3 is 2.90 bits per heavy atom. The SMILES string of the molecule is NC(c1ccc2ccccc2n1)C1CCCCN1C(=O)O. The number of aromatic nitrogens is 1. The van der Waals surface area contributed by atoms with Gasteiger partial charge in [-0.25, -0.2) is 4.79 Å². The first kappa shape index (κ1) is 13.8. The molecule has 1 aromatic heterocycles. The number of benzene rings is 1. The number of pyridine rings is 1. The van der Waals surface area contributed by atoms with Crippen LogP contribution in [0.2, 0.25) is 0 Å². The normalized spacial score (nSPS) is 20.4. The van der Waals surface area contributed by atoms with Crippen LogP contribution in [0, 0.1) is 0 Å². The topological polar surface area (TPSA) is 79.5 Å². The van der Waals surface area contributed by atoms with Crippen molar-refractivity contribution in [1.82, 2.24) is 9.88 Å². The van der Waals surface area contributed by atoms with E-state index in [0.29, 0.717) is 6.54 Å². The minimum atomic E-state index is -0.893. The molecule has 5 heteroatoms. The quantitative estimate of drug-likeness (QED) is 0.889. The summed E-state index contributed by atoms with van der Waals surface area (Å²) in [5.74, 6) is 0. The summed E-state index contributed by atoms with van der Waals surface area (Å²) in [6.45, 7) is 0.557. The van der Waals surface area contributed by atoms with Crippen LogP contribution in [0.25, 0.3) is 10.9 Å². The van der Waals surface area contributed by atoms with Crippen LogP contribution in [0.5, 0.6) is 0 Å². The van der Waals surface area contributed by atoms with Crippen LogP contribution in [-0.2, 0) is 0 Å². The van der Waals surface area contributed by atoms with E-state index in [1.807, 2.05) is 36.4 Å². The second-order valence-electron chi connectivity index (χ2n) is 5.49. The smallest absolute Gasteiger partial charge is 0.407 e. The lowest BCUT2D eigenvalue weighted by atomic mass is 9.94. The number of carboxylic acid groups (broad SMARTS) is 1. The Morgan fingerprint density at radius 2 is 2.10 bits per heavy atom. The van der Waals surface area contributed by atoms with Crippen molar-refractivity contribution in [2.24, 2.45) is 5.73 Å². The summed E-state index contributed by atoms with van der Waals surface area (Å²) < 4.78 is 0. The highest BCUT2D eigenvalue weighted by Gasteiger charge is 2.32. The Kier molecular flexibility index (Phi) is 3.75. The number of hydrogen-bond acceptors (Lipinski definition) is 3. The van der Waals surface area contributed by atoms with Gasteiger partial charge in [-0.05, 0) is 31.4 Å². The van der Waals surface area contributed by atoms with Crippen molar-refractivity contribution in [3.05, 3.63) is 42.1 Å². The molecule has 1 amide bonds. The molecule has 0 saturated carbocycles. The summed E-state index contributed by atoms with van der Waals surface area (Å²) in [6, 6.07) is 11.2. The average Bonchev–Trinajstić information content (AvgIpc) is 2.53. The van der Waals surface area contributed by atoms with Crippen molar-refractivity contribution in [2.75, 3.05) is 6.54 Å². The molecule has 1 aliphatic rings. The Morgan fingerprint density at radius 1 is 1.29 bits per heavy atom. The van der Waals surface area contributed by atoms with E-state index < -0.39 is 6.09 Å². The number of nitrogens with zero attached hydrogens (tertiary/aromatic N) is 2. The van der Waals surface area contributed by atoms with Crippen LogP contribution in [0.1, 0.15) is 31.0 Å². The third kappa shape index (κ3) is 2.69. The molecular weight excluding hydrogens is 266 g/mol. The van der Waals surface area contributed by atoms with Crippen molar-refractivity contribution < 1.29 is 9.90 Å². The van der Waals surface area contributed by atoms with Crippen LogP contribution >= 0.6 is 0 Å². The maximum Gasteiger partial charge on any atom is 0.407 e. The Hall–Kier alpha value is -2.14. The van der Waals surface area contributed by atoms with Gasteiger partial charge in [0.25, 0.3) is 0 Å². The van der Waals surface area contributed by atoms with E-state index in [9.17, 15) is 9.90 Å². The second-order valence-corrected chi connectivity index (χ2v) is 5.49. The van der Waals surface area contributed by atoms with Crippen molar-refractivity contribution in [3.63, 3.8) is 0 Å². The van der Waals surface area contributed by atoms with Crippen LogP contribution in [0.15, 0.2) is 36.4 Å². The van der Waals surface area contributed by atoms with Gasteiger partial charge in [-0.2, -0.15) is 0 Å². The summed E-state index contributed by atoms with van der Waals surface area (Å²) in [7, 11) is 0. The second kappa shape index (κ2) is 5.69. The highest BCUT2D eigenvalue weighted by molar-refractivity contribution is 5.78. The van der Waals surface area contributed by atoms with Crippen molar-refractivity contribution >= 4 is 17.0 Å². The molecule has 3 N–H and O–H groups in total. The van der Waals surface area contributed by atoms with Gasteiger partial charge in [-0.1, -0.05) is 24.3 Å². The molecule has 1 aliphatic heterocycles. The molecule has 0 radical (unpaired) electrons. The van der Waals surface area contributed by atoms with Gasteiger partial charge >= 0.3 is 6.09 Å². The van der Waals surface area contributed by atoms with Crippen LogP contribution in [0.3, 0.4) is 0 Å². The zero-order valence-electron chi connectivity index (χ0n) is 11.8. The number of carbonyl (C=O) groups is 1. The molecule has 1 saturated heterocycles. The molecule has 2 heterocycles. The summed E-state index contributed by atoms with van der Waals surface area (Å²) in [5, 5.41) is 10.4. The number of para-hydroxylation sites is 1. The molecule has 21 heavy (non-hydrogen) atoms. The zero-order valence-corrected chi connectivity index (χ0v) is 11.8. The van der Waals surface area contributed by atoms with Gasteiger partial charge in [-0.3, -0.25) is 4.98 Å². The van der Waals surface area contributed by atoms with Gasteiger partial charge in [0, 0.05) is 11.9 Å². The fraction of sp³-hybridized carbons (Fsp3) is 0.375. The molecule has 2 atom stereocenters. The standard InChI is InChI=1S/C16H19N3O2/c17-15(14-7-3-4-10-19(14)16(20)21)13-9-8-11-5-1-2-6-12(11)18-13/h1-2,5-6,8-9,14-15H,3-4,7,10,17H2,(H,20,21). The predicted octanol–water partition coefficient (Wildman–Crippen LogP) is 2.77. The maximum absolute atomic E-state index is 11.4. The van der Waals surface area contributed by atoms with E-state index in [2.05, 4.69) is 4.98 Å². The van der Waals surface area contributed by atoms with Crippen LogP contribution < -0.4 is 5.73 Å². The highest BCUT2D eigenvalue weighted by Crippen LogP contribution is 2.27. The molecule has 0 spiro atoms. The molecule has 0 bridgehead atoms. The van der Waals surface area contributed by atoms with E-state index in [1.54, 1.807) is 0 Å². The fourth-order valence-corrected chi connectivity index (χ4v) is 3.03. The molecule has 5 nitrogen and oxygen atoms in total. The molecule has 1 fully saturated rings. The van der Waals surface area contributed by atoms with Gasteiger partial charge in [-0.15, -0.1) is 0 Å².